The summed E-state index contributed by atoms with van der Waals surface area (Å²) in [6, 6.07) is 5.90. The third-order valence-electron chi connectivity index (χ3n) is 5.89. The van der Waals surface area contributed by atoms with Crippen LogP contribution in [0.4, 0.5) is 0 Å². The molecule has 4 N–H and O–H groups in total. The number of rotatable bonds is 21. The Kier molecular flexibility index (Phi) is 17.5. The number of hydrogen-bond acceptors (Lipinski definition) is 4. The van der Waals surface area contributed by atoms with E-state index < -0.39 is 13.9 Å². The lowest BCUT2D eigenvalue weighted by Crippen LogP contribution is -2.39. The number of carbonyl (C=O) groups is 1. The molecule has 1 atom stereocenters. The van der Waals surface area contributed by atoms with Crippen molar-refractivity contribution in [2.45, 2.75) is 109 Å². The molecule has 1 rings (SSSR count). The molecule has 1 aromatic carbocycles. The lowest BCUT2D eigenvalue weighted by atomic mass is 10.1. The normalized spacial score (nSPS) is 12.8. The van der Waals surface area contributed by atoms with Gasteiger partial charge < -0.3 is 20.2 Å². The van der Waals surface area contributed by atoms with Crippen LogP contribution in [0.1, 0.15) is 102 Å². The van der Waals surface area contributed by atoms with Gasteiger partial charge in [0.1, 0.15) is 5.75 Å². The van der Waals surface area contributed by atoms with E-state index in [1.165, 1.54) is 63.5 Å². The van der Waals surface area contributed by atoms with Gasteiger partial charge in [-0.15, -0.1) is 0 Å². The Labute approximate surface area is 211 Å². The second-order valence-electron chi connectivity index (χ2n) is 9.26. The summed E-state index contributed by atoms with van der Waals surface area (Å²) < 4.78 is 15.7. The first kappa shape index (κ1) is 31.4. The van der Waals surface area contributed by atoms with E-state index >= 15 is 0 Å². The van der Waals surface area contributed by atoms with Crippen LogP contribution < -0.4 is 5.32 Å². The van der Waals surface area contributed by atoms with Gasteiger partial charge in [-0.2, -0.15) is 0 Å². The number of unbranched alkanes of at least 4 members (excludes halogenated alkanes) is 11. The number of phenols is 1. The number of aromatic hydroxyl groups is 1. The molecule has 0 radical (unpaired) electrons. The van der Waals surface area contributed by atoms with Crippen LogP contribution in [0, 0.1) is 0 Å². The largest absolute Gasteiger partial charge is 0.508 e. The fourth-order valence-corrected chi connectivity index (χ4v) is 4.29. The summed E-state index contributed by atoms with van der Waals surface area (Å²) in [5.41, 5.74) is 0.823. The zero-order chi connectivity index (χ0) is 25.8. The summed E-state index contributed by atoms with van der Waals surface area (Å²) in [4.78, 5) is 30.3. The van der Waals surface area contributed by atoms with E-state index in [1.54, 1.807) is 12.1 Å². The van der Waals surface area contributed by atoms with Crippen molar-refractivity contribution >= 4 is 13.7 Å². The maximum Gasteiger partial charge on any atom is 0.469 e. The Morgan fingerprint density at radius 3 is 2.03 bits per heavy atom. The van der Waals surface area contributed by atoms with Crippen LogP contribution in [0.15, 0.2) is 36.4 Å². The minimum absolute atomic E-state index is 0.130. The maximum absolute atomic E-state index is 12.3. The molecule has 0 aliphatic rings. The van der Waals surface area contributed by atoms with Gasteiger partial charge in [-0.05, 0) is 56.2 Å². The van der Waals surface area contributed by atoms with Crippen molar-refractivity contribution in [1.82, 2.24) is 5.32 Å². The van der Waals surface area contributed by atoms with Crippen LogP contribution in [0.2, 0.25) is 0 Å². The summed E-state index contributed by atoms with van der Waals surface area (Å²) in [6.45, 7) is 1.96. The van der Waals surface area contributed by atoms with Crippen molar-refractivity contribution < 1.29 is 28.8 Å². The van der Waals surface area contributed by atoms with Crippen molar-refractivity contribution in [2.75, 3.05) is 6.61 Å². The Morgan fingerprint density at radius 2 is 1.46 bits per heavy atom. The number of phosphoric acid groups is 1. The molecule has 200 valence electrons. The third-order valence-corrected chi connectivity index (χ3v) is 6.38. The monoisotopic (exact) mass is 511 g/mol. The summed E-state index contributed by atoms with van der Waals surface area (Å²) in [5.74, 6) is -0.0225. The Morgan fingerprint density at radius 1 is 0.914 bits per heavy atom. The molecular formula is C27H46NO6P. The molecule has 0 aliphatic heterocycles. The molecule has 1 aromatic rings. The lowest BCUT2D eigenvalue weighted by molar-refractivity contribution is -0.122. The predicted octanol–water partition coefficient (Wildman–Crippen LogP) is 6.57. The number of allylic oxidation sites excluding steroid dienone is 2. The van der Waals surface area contributed by atoms with E-state index in [4.69, 9.17) is 9.79 Å². The predicted molar refractivity (Wildman–Crippen MR) is 141 cm³/mol. The number of phosphoric ester groups is 1. The minimum atomic E-state index is -4.63. The van der Waals surface area contributed by atoms with E-state index in [-0.39, 0.29) is 18.3 Å². The van der Waals surface area contributed by atoms with E-state index in [0.717, 1.165) is 37.7 Å². The molecule has 0 fully saturated rings. The molecule has 0 aromatic heterocycles. The first-order valence-corrected chi connectivity index (χ1v) is 14.8. The number of hydrogen-bond donors (Lipinski definition) is 4. The summed E-state index contributed by atoms with van der Waals surface area (Å²) in [6.07, 6.45) is 20.9. The summed E-state index contributed by atoms with van der Waals surface area (Å²) in [5, 5.41) is 12.2. The second kappa shape index (κ2) is 19.5. The standard InChI is InChI=1S/C27H46NO6P/c1-2-3-4-5-6-7-8-9-10-11-12-13-14-15-16-17-27(30)28-25(23-34-35(31,32)33)22-24-18-20-26(29)21-19-24/h9-10,18-21,25,29H,2-8,11-17,22-23H2,1H3,(H,28,30)(H2,31,32,33)/t25-/m1/s1. The van der Waals surface area contributed by atoms with Gasteiger partial charge in [0.15, 0.2) is 0 Å². The zero-order valence-corrected chi connectivity index (χ0v) is 22.3. The third kappa shape index (κ3) is 19.2. The van der Waals surface area contributed by atoms with E-state index in [0.29, 0.717) is 12.8 Å². The maximum atomic E-state index is 12.3. The molecule has 35 heavy (non-hydrogen) atoms. The van der Waals surface area contributed by atoms with Gasteiger partial charge in [0.05, 0.1) is 12.6 Å². The van der Waals surface area contributed by atoms with Crippen LogP contribution >= 0.6 is 7.82 Å². The number of nitrogens with one attached hydrogen (secondary N) is 1. The number of carbonyl (C=O) groups excluding carboxylic acids is 1. The van der Waals surface area contributed by atoms with Crippen LogP contribution in [0.25, 0.3) is 0 Å². The molecule has 8 heteroatoms. The van der Waals surface area contributed by atoms with E-state index in [2.05, 4.69) is 28.9 Å². The van der Waals surface area contributed by atoms with Gasteiger partial charge in [-0.1, -0.05) is 82.6 Å². The first-order valence-electron chi connectivity index (χ1n) is 13.2. The highest BCUT2D eigenvalue weighted by Gasteiger charge is 2.20. The first-order chi connectivity index (χ1) is 16.8. The average Bonchev–Trinajstić information content (AvgIpc) is 2.81. The van der Waals surface area contributed by atoms with Crippen molar-refractivity contribution in [2.24, 2.45) is 0 Å². The van der Waals surface area contributed by atoms with Gasteiger partial charge in [0.25, 0.3) is 0 Å². The van der Waals surface area contributed by atoms with Gasteiger partial charge >= 0.3 is 7.82 Å². The molecule has 0 spiro atoms. The second-order valence-corrected chi connectivity index (χ2v) is 10.5. The zero-order valence-electron chi connectivity index (χ0n) is 21.4. The SMILES string of the molecule is CCCCCCCCC=CCCCCCCCC(=O)N[C@@H](COP(=O)(O)O)Cc1ccc(O)cc1. The molecular weight excluding hydrogens is 465 g/mol. The highest BCUT2D eigenvalue weighted by molar-refractivity contribution is 7.46. The number of phenolic OH excluding ortho intramolecular Hbond substituents is 1. The quantitative estimate of drug-likeness (QED) is 0.0843. The molecule has 7 nitrogen and oxygen atoms in total. The molecule has 0 unspecified atom stereocenters. The smallest absolute Gasteiger partial charge is 0.469 e. The summed E-state index contributed by atoms with van der Waals surface area (Å²) >= 11 is 0. The van der Waals surface area contributed by atoms with Crippen LogP contribution in [-0.2, 0) is 20.3 Å². The molecule has 1 amide bonds. The molecule has 0 saturated heterocycles. The van der Waals surface area contributed by atoms with Crippen molar-refractivity contribution in [3.05, 3.63) is 42.0 Å². The van der Waals surface area contributed by atoms with Gasteiger partial charge in [0, 0.05) is 6.42 Å². The van der Waals surface area contributed by atoms with Crippen molar-refractivity contribution in [3.63, 3.8) is 0 Å². The van der Waals surface area contributed by atoms with Crippen LogP contribution in [-0.4, -0.2) is 33.4 Å². The topological polar surface area (TPSA) is 116 Å². The van der Waals surface area contributed by atoms with E-state index in [9.17, 15) is 14.5 Å². The fraction of sp³-hybridized carbons (Fsp3) is 0.667. The molecule has 0 saturated carbocycles. The van der Waals surface area contributed by atoms with Crippen molar-refractivity contribution in [1.29, 1.82) is 0 Å². The molecule has 0 heterocycles. The van der Waals surface area contributed by atoms with Gasteiger partial charge in [0.2, 0.25) is 5.91 Å². The molecule has 0 bridgehead atoms. The number of benzene rings is 1. The van der Waals surface area contributed by atoms with Crippen LogP contribution in [0.5, 0.6) is 5.75 Å². The highest BCUT2D eigenvalue weighted by Crippen LogP contribution is 2.35. The minimum Gasteiger partial charge on any atom is -0.508 e. The number of amides is 1. The molecule has 0 aliphatic carbocycles. The van der Waals surface area contributed by atoms with Gasteiger partial charge in [-0.3, -0.25) is 9.32 Å². The van der Waals surface area contributed by atoms with Crippen molar-refractivity contribution in [3.8, 4) is 5.75 Å². The Hall–Kier alpha value is -1.66. The lowest BCUT2D eigenvalue weighted by Gasteiger charge is -2.19. The van der Waals surface area contributed by atoms with Gasteiger partial charge in [-0.25, -0.2) is 4.57 Å². The Bertz CT molecular complexity index is 747. The Balaban J connectivity index is 2.15. The highest BCUT2D eigenvalue weighted by atomic mass is 31.2. The van der Waals surface area contributed by atoms with E-state index in [1.807, 2.05) is 0 Å². The summed E-state index contributed by atoms with van der Waals surface area (Å²) in [7, 11) is -4.63. The fourth-order valence-electron chi connectivity index (χ4n) is 3.91. The average molecular weight is 512 g/mol. The van der Waals surface area contributed by atoms with Crippen LogP contribution in [0.3, 0.4) is 0 Å².